The molecule has 0 bridgehead atoms. The first-order valence-electron chi connectivity index (χ1n) is 11.9. The van der Waals surface area contributed by atoms with Gasteiger partial charge in [0.1, 0.15) is 11.5 Å². The first-order valence-corrected chi connectivity index (χ1v) is 11.9. The zero-order valence-electron chi connectivity index (χ0n) is 19.6. The number of piperidine rings is 1. The van der Waals surface area contributed by atoms with Gasteiger partial charge in [0, 0.05) is 44.3 Å². The third-order valence-corrected chi connectivity index (χ3v) is 7.34. The molecule has 3 aromatic rings. The minimum Gasteiger partial charge on any atom is -0.370 e. The highest BCUT2D eigenvalue weighted by Gasteiger charge is 2.32. The lowest BCUT2D eigenvalue weighted by atomic mass is 10.0. The summed E-state index contributed by atoms with van der Waals surface area (Å²) in [5, 5.41) is 3.42. The fourth-order valence-corrected chi connectivity index (χ4v) is 5.50. The monoisotopic (exact) mass is 463 g/mol. The molecule has 2 aliphatic heterocycles. The summed E-state index contributed by atoms with van der Waals surface area (Å²) in [6, 6.07) is 11.0. The van der Waals surface area contributed by atoms with Crippen LogP contribution in [0.4, 0.5) is 10.1 Å². The van der Waals surface area contributed by atoms with Crippen molar-refractivity contribution in [3.05, 3.63) is 69.7 Å². The lowest BCUT2D eigenvalue weighted by Gasteiger charge is -2.38. The molecule has 2 fully saturated rings. The number of H-pyrrole nitrogens is 1. The Kier molecular flexibility index (Phi) is 6.08. The molecular formula is C26H30FN5O2. The number of carbonyl (C=O) groups is 1. The van der Waals surface area contributed by atoms with Gasteiger partial charge < -0.3 is 15.2 Å². The van der Waals surface area contributed by atoms with Gasteiger partial charge in [0.2, 0.25) is 0 Å². The van der Waals surface area contributed by atoms with E-state index in [2.05, 4.69) is 25.1 Å². The number of halogens is 1. The second-order valence-electron chi connectivity index (χ2n) is 9.34. The number of amides is 1. The van der Waals surface area contributed by atoms with Crippen molar-refractivity contribution in [3.63, 3.8) is 0 Å². The zero-order valence-corrected chi connectivity index (χ0v) is 19.6. The van der Waals surface area contributed by atoms with Crippen LogP contribution in [-0.2, 0) is 0 Å². The van der Waals surface area contributed by atoms with E-state index in [0.29, 0.717) is 17.1 Å². The number of nitrogens with zero attached hydrogens (tertiary/aromatic N) is 3. The molecular weight excluding hydrogens is 433 g/mol. The smallest absolute Gasteiger partial charge is 0.269 e. The second-order valence-corrected chi connectivity index (χ2v) is 9.34. The van der Waals surface area contributed by atoms with Gasteiger partial charge in [0.25, 0.3) is 11.5 Å². The molecule has 1 unspecified atom stereocenters. The first kappa shape index (κ1) is 22.5. The van der Waals surface area contributed by atoms with Crippen molar-refractivity contribution in [1.29, 1.82) is 0 Å². The molecule has 0 spiro atoms. The van der Waals surface area contributed by atoms with Gasteiger partial charge in [-0.1, -0.05) is 12.1 Å². The number of benzene rings is 1. The van der Waals surface area contributed by atoms with Gasteiger partial charge in [-0.05, 0) is 62.4 Å². The predicted molar refractivity (Wildman–Crippen MR) is 131 cm³/mol. The van der Waals surface area contributed by atoms with Crippen molar-refractivity contribution in [3.8, 4) is 0 Å². The fraction of sp³-hybridized carbons (Fsp3) is 0.423. The largest absolute Gasteiger partial charge is 0.370 e. The van der Waals surface area contributed by atoms with Gasteiger partial charge in [-0.15, -0.1) is 0 Å². The topological polar surface area (TPSA) is 81.3 Å². The van der Waals surface area contributed by atoms with Crippen LogP contribution in [0.1, 0.15) is 47.1 Å². The molecule has 8 heteroatoms. The van der Waals surface area contributed by atoms with E-state index in [1.807, 2.05) is 19.1 Å². The van der Waals surface area contributed by atoms with Crippen molar-refractivity contribution in [2.45, 2.75) is 38.1 Å². The number of aromatic amines is 1. The minimum absolute atomic E-state index is 0.140. The Morgan fingerprint density at radius 2 is 1.94 bits per heavy atom. The second kappa shape index (κ2) is 9.18. The lowest BCUT2D eigenvalue weighted by Crippen LogP contribution is -2.44. The average molecular weight is 464 g/mol. The van der Waals surface area contributed by atoms with Gasteiger partial charge in [-0.3, -0.25) is 14.5 Å². The molecule has 5 rings (SSSR count). The van der Waals surface area contributed by atoms with Crippen molar-refractivity contribution in [2.75, 3.05) is 38.1 Å². The Morgan fingerprint density at radius 1 is 1.15 bits per heavy atom. The molecule has 1 aromatic carbocycles. The third-order valence-electron chi connectivity index (χ3n) is 7.34. The number of pyridine rings is 2. The standard InChI is InChI=1S/C26H30FN5O2/c1-16-23(7-6-21(29-16)25(33)28-2)31-12-9-19(10-13-31)32-11-8-18(15-32)22-14-17-4-3-5-20(27)24(17)26(34)30-22/h3-7,14,18-19H,8-13,15H2,1-2H3,(H,28,33)(H,30,34). The number of rotatable bonds is 4. The molecule has 2 aliphatic rings. The van der Waals surface area contributed by atoms with Gasteiger partial charge in [-0.25, -0.2) is 9.37 Å². The number of hydrogen-bond donors (Lipinski definition) is 2. The van der Waals surface area contributed by atoms with Crippen LogP contribution in [0.5, 0.6) is 0 Å². The Bertz CT molecular complexity index is 1280. The quantitative estimate of drug-likeness (QED) is 0.621. The summed E-state index contributed by atoms with van der Waals surface area (Å²) in [6.45, 7) is 5.75. The van der Waals surface area contributed by atoms with E-state index >= 15 is 0 Å². The van der Waals surface area contributed by atoms with E-state index < -0.39 is 5.82 Å². The van der Waals surface area contributed by atoms with Crippen LogP contribution in [-0.4, -0.2) is 60.0 Å². The SMILES string of the molecule is CNC(=O)c1ccc(N2CCC(N3CCC(c4cc5cccc(F)c5c(=O)[nH]4)C3)CC2)c(C)n1. The van der Waals surface area contributed by atoms with Crippen LogP contribution in [0.2, 0.25) is 0 Å². The van der Waals surface area contributed by atoms with E-state index in [4.69, 9.17) is 0 Å². The number of aryl methyl sites for hydroxylation is 1. The molecule has 178 valence electrons. The zero-order chi connectivity index (χ0) is 23.8. The van der Waals surface area contributed by atoms with Gasteiger partial charge in [0.05, 0.1) is 16.8 Å². The highest BCUT2D eigenvalue weighted by Crippen LogP contribution is 2.32. The van der Waals surface area contributed by atoms with Crippen LogP contribution < -0.4 is 15.8 Å². The van der Waals surface area contributed by atoms with Crippen LogP contribution in [0.3, 0.4) is 0 Å². The normalized spacial score (nSPS) is 19.6. The van der Waals surface area contributed by atoms with Crippen molar-refractivity contribution < 1.29 is 9.18 Å². The predicted octanol–water partition coefficient (Wildman–Crippen LogP) is 3.19. The molecule has 1 atom stereocenters. The van der Waals surface area contributed by atoms with Crippen molar-refractivity contribution >= 4 is 22.4 Å². The minimum atomic E-state index is -0.473. The van der Waals surface area contributed by atoms with Gasteiger partial charge in [-0.2, -0.15) is 0 Å². The number of likely N-dealkylation sites (tertiary alicyclic amines) is 1. The molecule has 34 heavy (non-hydrogen) atoms. The number of nitrogens with one attached hydrogen (secondary N) is 2. The van der Waals surface area contributed by atoms with Crippen LogP contribution in [0.15, 0.2) is 41.2 Å². The van der Waals surface area contributed by atoms with E-state index in [9.17, 15) is 14.0 Å². The number of anilines is 1. The molecule has 2 N–H and O–H groups in total. The molecule has 1 amide bonds. The summed E-state index contributed by atoms with van der Waals surface area (Å²) in [4.78, 5) is 36.6. The molecule has 0 saturated carbocycles. The molecule has 2 saturated heterocycles. The number of fused-ring (bicyclic) bond motifs is 1. The maximum absolute atomic E-state index is 14.1. The van der Waals surface area contributed by atoms with E-state index in [1.54, 1.807) is 25.2 Å². The van der Waals surface area contributed by atoms with Crippen LogP contribution in [0.25, 0.3) is 10.8 Å². The molecule has 2 aromatic heterocycles. The van der Waals surface area contributed by atoms with E-state index in [0.717, 1.165) is 62.5 Å². The summed E-state index contributed by atoms with van der Waals surface area (Å²) in [6.07, 6.45) is 3.10. The maximum Gasteiger partial charge on any atom is 0.269 e. The average Bonchev–Trinajstić information content (AvgIpc) is 3.34. The number of aromatic nitrogens is 2. The van der Waals surface area contributed by atoms with E-state index in [-0.39, 0.29) is 22.8 Å². The highest BCUT2D eigenvalue weighted by molar-refractivity contribution is 5.92. The first-order chi connectivity index (χ1) is 16.4. The Balaban J connectivity index is 1.23. The summed E-state index contributed by atoms with van der Waals surface area (Å²) in [7, 11) is 1.61. The number of hydrogen-bond acceptors (Lipinski definition) is 5. The van der Waals surface area contributed by atoms with Crippen molar-refractivity contribution in [2.24, 2.45) is 0 Å². The Labute approximate surface area is 198 Å². The van der Waals surface area contributed by atoms with Crippen LogP contribution >= 0.6 is 0 Å². The highest BCUT2D eigenvalue weighted by atomic mass is 19.1. The van der Waals surface area contributed by atoms with Gasteiger partial charge >= 0.3 is 0 Å². The summed E-state index contributed by atoms with van der Waals surface area (Å²) < 4.78 is 14.1. The molecule has 0 aliphatic carbocycles. The Hall–Kier alpha value is -3.26. The Morgan fingerprint density at radius 3 is 2.68 bits per heavy atom. The number of carbonyl (C=O) groups excluding carboxylic acids is 1. The summed E-state index contributed by atoms with van der Waals surface area (Å²) >= 11 is 0. The third kappa shape index (κ3) is 4.18. The van der Waals surface area contributed by atoms with Crippen molar-refractivity contribution in [1.82, 2.24) is 20.2 Å². The lowest BCUT2D eigenvalue weighted by molar-refractivity contribution is 0.0958. The van der Waals surface area contributed by atoms with Gasteiger partial charge in [0.15, 0.2) is 0 Å². The van der Waals surface area contributed by atoms with Crippen LogP contribution in [0, 0.1) is 12.7 Å². The maximum atomic E-state index is 14.1. The summed E-state index contributed by atoms with van der Waals surface area (Å²) in [5.74, 6) is -0.393. The molecule has 0 radical (unpaired) electrons. The van der Waals surface area contributed by atoms with E-state index in [1.165, 1.54) is 6.07 Å². The fourth-order valence-electron chi connectivity index (χ4n) is 5.50. The summed E-state index contributed by atoms with van der Waals surface area (Å²) in [5.41, 5.74) is 2.96. The molecule has 4 heterocycles. The molecule has 7 nitrogen and oxygen atoms in total.